The summed E-state index contributed by atoms with van der Waals surface area (Å²) in [5, 5.41) is 0.0386. The number of carbonyl (C=O) groups excluding carboxylic acids is 1. The zero-order valence-electron chi connectivity index (χ0n) is 14.4. The van der Waals surface area contributed by atoms with E-state index in [2.05, 4.69) is 9.88 Å². The molecule has 2 rings (SSSR count). The molecule has 0 fully saturated rings. The van der Waals surface area contributed by atoms with Crippen LogP contribution in [0.2, 0.25) is 5.02 Å². The summed E-state index contributed by atoms with van der Waals surface area (Å²) in [6.45, 7) is 2.08. The van der Waals surface area contributed by atoms with Crippen LogP contribution in [0.15, 0.2) is 57.8 Å². The van der Waals surface area contributed by atoms with Crippen molar-refractivity contribution < 1.29 is 22.8 Å². The quantitative estimate of drug-likeness (QED) is 0.310. The maximum absolute atomic E-state index is 12.2. The number of halogens is 1. The van der Waals surface area contributed by atoms with Gasteiger partial charge in [-0.3, -0.25) is 4.84 Å². The maximum Gasteiger partial charge on any atom is 0.338 e. The van der Waals surface area contributed by atoms with E-state index < -0.39 is 22.0 Å². The summed E-state index contributed by atoms with van der Waals surface area (Å²) in [5.74, 6) is -0.859. The normalized spacial score (nSPS) is 11.9. The van der Waals surface area contributed by atoms with Crippen molar-refractivity contribution in [2.24, 2.45) is 10.1 Å². The Morgan fingerprint density at radius 2 is 1.85 bits per heavy atom. The lowest BCUT2D eigenvalue weighted by atomic mass is 10.1. The first kappa shape index (κ1) is 20.7. The molecule has 2 aromatic rings. The summed E-state index contributed by atoms with van der Waals surface area (Å²) in [6.07, 6.45) is 0. The van der Waals surface area contributed by atoms with Crippen molar-refractivity contribution in [2.45, 2.75) is 18.4 Å². The second-order valence-corrected chi connectivity index (χ2v) is 7.17. The van der Waals surface area contributed by atoms with Gasteiger partial charge in [0, 0.05) is 0 Å². The van der Waals surface area contributed by atoms with E-state index in [1.54, 1.807) is 37.3 Å². The number of nitrogens with two attached hydrogens (primary N) is 1. The number of ether oxygens (including phenoxy) is 1. The number of sulfonamides is 1. The molecule has 0 saturated carbocycles. The first-order valence-electron chi connectivity index (χ1n) is 7.82. The molecule has 0 aliphatic carbocycles. The predicted molar refractivity (Wildman–Crippen MR) is 101 cm³/mol. The van der Waals surface area contributed by atoms with Crippen LogP contribution in [0.3, 0.4) is 0 Å². The van der Waals surface area contributed by atoms with Crippen molar-refractivity contribution in [3.05, 3.63) is 64.7 Å². The third-order valence-corrected chi connectivity index (χ3v) is 5.00. The van der Waals surface area contributed by atoms with E-state index in [4.69, 9.17) is 26.9 Å². The summed E-state index contributed by atoms with van der Waals surface area (Å²) < 4.78 is 32.6. The molecule has 0 amide bonds. The number of esters is 1. The molecule has 0 heterocycles. The van der Waals surface area contributed by atoms with Gasteiger partial charge in [-0.15, -0.1) is 4.40 Å². The van der Waals surface area contributed by atoms with Crippen molar-refractivity contribution in [1.29, 1.82) is 0 Å². The molecule has 144 valence electrons. The molecule has 0 bridgehead atoms. The molecule has 0 spiro atoms. The second-order valence-electron chi connectivity index (χ2n) is 5.19. The maximum atomic E-state index is 12.2. The lowest BCUT2D eigenvalue weighted by Gasteiger charge is -2.08. The van der Waals surface area contributed by atoms with Gasteiger partial charge < -0.3 is 10.5 Å². The van der Waals surface area contributed by atoms with Crippen molar-refractivity contribution in [3.63, 3.8) is 0 Å². The highest BCUT2D eigenvalue weighted by Gasteiger charge is 2.17. The third-order valence-electron chi connectivity index (χ3n) is 3.21. The molecule has 0 atom stereocenters. The number of hydrogen-bond acceptors (Lipinski definition) is 5. The molecule has 8 nitrogen and oxygen atoms in total. The van der Waals surface area contributed by atoms with E-state index in [-0.39, 0.29) is 16.5 Å². The highest BCUT2D eigenvalue weighted by Crippen LogP contribution is 2.22. The molecule has 0 aromatic heterocycles. The first-order chi connectivity index (χ1) is 12.8. The standard InChI is InChI=1S/C17H18ClN3O5S/c1-2-25-16(22)13-9-7-12(8-10-13)11-26-20-17(19)21-27(23,24)15-6-4-3-5-14(15)18/h3-10H,2,11H2,1H3,(H3,19,20,21). The number of hydrogen-bond donors (Lipinski definition) is 2. The fourth-order valence-corrected chi connectivity index (χ4v) is 3.38. The van der Waals surface area contributed by atoms with Gasteiger partial charge in [0.25, 0.3) is 10.0 Å². The second kappa shape index (κ2) is 9.36. The van der Waals surface area contributed by atoms with Gasteiger partial charge in [0.2, 0.25) is 5.96 Å². The minimum atomic E-state index is -4.07. The zero-order chi connectivity index (χ0) is 19.9. The van der Waals surface area contributed by atoms with Gasteiger partial charge in [0.05, 0.1) is 23.8 Å². The van der Waals surface area contributed by atoms with Gasteiger partial charge in [-0.1, -0.05) is 35.9 Å². The number of nitrogens with zero attached hydrogens (tertiary/aromatic N) is 1. The van der Waals surface area contributed by atoms with Crippen LogP contribution in [0.5, 0.6) is 0 Å². The Morgan fingerprint density at radius 3 is 2.48 bits per heavy atom. The number of nitrogens with one attached hydrogen (secondary N) is 1. The Labute approximate surface area is 162 Å². The number of benzene rings is 2. The Morgan fingerprint density at radius 1 is 1.19 bits per heavy atom. The lowest BCUT2D eigenvalue weighted by molar-refractivity contribution is 0.0526. The molecule has 0 unspecified atom stereocenters. The van der Waals surface area contributed by atoms with E-state index in [0.717, 1.165) is 5.56 Å². The SMILES string of the molecule is CCOC(=O)c1ccc(CONC(N)=NS(=O)(=O)c2ccccc2Cl)cc1. The van der Waals surface area contributed by atoms with Gasteiger partial charge in [0.1, 0.15) is 4.90 Å². The van der Waals surface area contributed by atoms with E-state index in [1.165, 1.54) is 18.2 Å². The number of rotatable bonds is 7. The Kier molecular flexibility index (Phi) is 7.17. The molecule has 0 saturated heterocycles. The van der Waals surface area contributed by atoms with Gasteiger partial charge in [-0.05, 0) is 36.8 Å². The Balaban J connectivity index is 1.94. The summed E-state index contributed by atoms with van der Waals surface area (Å²) in [6, 6.07) is 12.4. The predicted octanol–water partition coefficient (Wildman–Crippen LogP) is 2.24. The lowest BCUT2D eigenvalue weighted by Crippen LogP contribution is -2.32. The summed E-state index contributed by atoms with van der Waals surface area (Å²) in [4.78, 5) is 16.5. The molecular formula is C17H18ClN3O5S. The zero-order valence-corrected chi connectivity index (χ0v) is 16.0. The Bertz CT molecular complexity index is 930. The summed E-state index contributed by atoms with van der Waals surface area (Å²) in [5.41, 5.74) is 8.92. The van der Waals surface area contributed by atoms with Crippen molar-refractivity contribution in [2.75, 3.05) is 6.61 Å². The average molecular weight is 412 g/mol. The smallest absolute Gasteiger partial charge is 0.338 e. The van der Waals surface area contributed by atoms with E-state index in [9.17, 15) is 13.2 Å². The Hall–Kier alpha value is -2.62. The molecule has 0 aliphatic rings. The van der Waals surface area contributed by atoms with Crippen LogP contribution in [0, 0.1) is 0 Å². The summed E-state index contributed by atoms with van der Waals surface area (Å²) in [7, 11) is -4.07. The fourth-order valence-electron chi connectivity index (χ4n) is 2.00. The van der Waals surface area contributed by atoms with Gasteiger partial charge in [0.15, 0.2) is 0 Å². The van der Waals surface area contributed by atoms with Crippen LogP contribution in [-0.4, -0.2) is 27.0 Å². The number of carbonyl (C=O) groups is 1. The largest absolute Gasteiger partial charge is 0.462 e. The van der Waals surface area contributed by atoms with Crippen molar-refractivity contribution in [1.82, 2.24) is 5.48 Å². The minimum Gasteiger partial charge on any atom is -0.462 e. The van der Waals surface area contributed by atoms with Crippen LogP contribution in [-0.2, 0) is 26.2 Å². The van der Waals surface area contributed by atoms with Crippen LogP contribution in [0.25, 0.3) is 0 Å². The number of hydroxylamine groups is 1. The summed E-state index contributed by atoms with van der Waals surface area (Å²) >= 11 is 5.86. The molecule has 10 heteroatoms. The van der Waals surface area contributed by atoms with Gasteiger partial charge in [-0.2, -0.15) is 8.42 Å². The monoisotopic (exact) mass is 411 g/mol. The van der Waals surface area contributed by atoms with Crippen LogP contribution >= 0.6 is 11.6 Å². The molecule has 0 aliphatic heterocycles. The molecular weight excluding hydrogens is 394 g/mol. The molecule has 27 heavy (non-hydrogen) atoms. The average Bonchev–Trinajstić information content (AvgIpc) is 2.62. The van der Waals surface area contributed by atoms with E-state index in [0.29, 0.717) is 12.2 Å². The van der Waals surface area contributed by atoms with Gasteiger partial charge >= 0.3 is 5.97 Å². The topological polar surface area (TPSA) is 120 Å². The third kappa shape index (κ3) is 5.95. The van der Waals surface area contributed by atoms with Crippen LogP contribution < -0.4 is 11.2 Å². The van der Waals surface area contributed by atoms with Crippen LogP contribution in [0.4, 0.5) is 0 Å². The fraction of sp³-hybridized carbons (Fsp3) is 0.176. The van der Waals surface area contributed by atoms with Crippen molar-refractivity contribution in [3.8, 4) is 0 Å². The number of guanidine groups is 1. The molecule has 0 radical (unpaired) electrons. The van der Waals surface area contributed by atoms with Gasteiger partial charge in [-0.25, -0.2) is 10.3 Å². The van der Waals surface area contributed by atoms with E-state index >= 15 is 0 Å². The highest BCUT2D eigenvalue weighted by molar-refractivity contribution is 7.90. The van der Waals surface area contributed by atoms with Crippen LogP contribution in [0.1, 0.15) is 22.8 Å². The first-order valence-corrected chi connectivity index (χ1v) is 9.64. The minimum absolute atomic E-state index is 0.0386. The van der Waals surface area contributed by atoms with E-state index in [1.807, 2.05) is 0 Å². The highest BCUT2D eigenvalue weighted by atomic mass is 35.5. The van der Waals surface area contributed by atoms with Crippen molar-refractivity contribution >= 4 is 33.6 Å². The molecule has 3 N–H and O–H groups in total. The molecule has 2 aromatic carbocycles.